The highest BCUT2D eigenvalue weighted by molar-refractivity contribution is 7.89. The first-order valence-electron chi connectivity index (χ1n) is 11.2. The molecule has 1 heterocycles. The van der Waals surface area contributed by atoms with Crippen molar-refractivity contribution in [2.45, 2.75) is 52.5 Å². The molecule has 0 aromatic heterocycles. The summed E-state index contributed by atoms with van der Waals surface area (Å²) in [7, 11) is -3.36. The number of aryl methyl sites for hydroxylation is 3. The zero-order valence-electron chi connectivity index (χ0n) is 18.8. The fraction of sp³-hybridized carbons (Fsp3) is 0.480. The summed E-state index contributed by atoms with van der Waals surface area (Å²) in [6.45, 7) is 6.85. The van der Waals surface area contributed by atoms with Crippen LogP contribution in [0, 0.1) is 19.8 Å². The number of rotatable bonds is 8. The third kappa shape index (κ3) is 6.40. The van der Waals surface area contributed by atoms with Crippen molar-refractivity contribution in [3.05, 3.63) is 70.8 Å². The largest absolute Gasteiger partial charge is 0.349 e. The van der Waals surface area contributed by atoms with Crippen molar-refractivity contribution in [1.82, 2.24) is 9.62 Å². The van der Waals surface area contributed by atoms with Crippen molar-refractivity contribution in [2.24, 2.45) is 5.92 Å². The molecule has 31 heavy (non-hydrogen) atoms. The van der Waals surface area contributed by atoms with E-state index in [0.29, 0.717) is 19.4 Å². The molecule has 1 saturated heterocycles. The number of hydrogen-bond acceptors (Lipinski definition) is 3. The molecule has 0 aliphatic carbocycles. The fourth-order valence-electron chi connectivity index (χ4n) is 4.28. The van der Waals surface area contributed by atoms with Crippen LogP contribution in [0.2, 0.25) is 0 Å². The molecule has 0 spiro atoms. The third-order valence-electron chi connectivity index (χ3n) is 6.12. The van der Waals surface area contributed by atoms with E-state index < -0.39 is 10.0 Å². The van der Waals surface area contributed by atoms with Gasteiger partial charge in [0.15, 0.2) is 0 Å². The van der Waals surface area contributed by atoms with Gasteiger partial charge in [0.2, 0.25) is 15.9 Å². The van der Waals surface area contributed by atoms with Gasteiger partial charge in [-0.2, -0.15) is 0 Å². The Kier molecular flexibility index (Phi) is 7.89. The molecule has 0 radical (unpaired) electrons. The minimum Gasteiger partial charge on any atom is -0.349 e. The van der Waals surface area contributed by atoms with E-state index in [-0.39, 0.29) is 30.2 Å². The minimum absolute atomic E-state index is 0.0578. The number of piperidine rings is 1. The predicted octanol–water partition coefficient (Wildman–Crippen LogP) is 4.16. The van der Waals surface area contributed by atoms with Crippen LogP contribution in [0.3, 0.4) is 0 Å². The Morgan fingerprint density at radius 1 is 1.16 bits per heavy atom. The van der Waals surface area contributed by atoms with Crippen LogP contribution in [0.1, 0.15) is 54.5 Å². The molecule has 0 unspecified atom stereocenters. The molecule has 3 rings (SSSR count). The summed E-state index contributed by atoms with van der Waals surface area (Å²) >= 11 is 0. The van der Waals surface area contributed by atoms with E-state index in [1.54, 1.807) is 0 Å². The summed E-state index contributed by atoms with van der Waals surface area (Å²) in [5.74, 6) is -0.238. The number of benzene rings is 2. The fourth-order valence-corrected chi connectivity index (χ4v) is 5.86. The van der Waals surface area contributed by atoms with Crippen molar-refractivity contribution < 1.29 is 13.2 Å². The Morgan fingerprint density at radius 2 is 1.90 bits per heavy atom. The molecule has 168 valence electrons. The molecular weight excluding hydrogens is 408 g/mol. The molecule has 1 fully saturated rings. The quantitative estimate of drug-likeness (QED) is 0.668. The van der Waals surface area contributed by atoms with Crippen LogP contribution in [0.25, 0.3) is 0 Å². The van der Waals surface area contributed by atoms with Crippen molar-refractivity contribution in [1.29, 1.82) is 0 Å². The second kappa shape index (κ2) is 10.4. The van der Waals surface area contributed by atoms with Crippen LogP contribution in [0.5, 0.6) is 0 Å². The van der Waals surface area contributed by atoms with Gasteiger partial charge in [0, 0.05) is 13.1 Å². The summed E-state index contributed by atoms with van der Waals surface area (Å²) < 4.78 is 27.3. The van der Waals surface area contributed by atoms with Gasteiger partial charge in [0.05, 0.1) is 17.7 Å². The van der Waals surface area contributed by atoms with Crippen LogP contribution in [-0.4, -0.2) is 37.5 Å². The lowest BCUT2D eigenvalue weighted by Gasteiger charge is -2.32. The summed E-state index contributed by atoms with van der Waals surface area (Å²) in [5, 5.41) is 3.11. The molecular formula is C25H34N2O3S. The van der Waals surface area contributed by atoms with E-state index >= 15 is 0 Å². The summed E-state index contributed by atoms with van der Waals surface area (Å²) in [6, 6.07) is 16.1. The highest BCUT2D eigenvalue weighted by atomic mass is 32.2. The van der Waals surface area contributed by atoms with E-state index in [1.165, 1.54) is 4.31 Å². The lowest BCUT2D eigenvalue weighted by molar-refractivity contribution is -0.126. The van der Waals surface area contributed by atoms with Crippen molar-refractivity contribution in [3.63, 3.8) is 0 Å². The maximum absolute atomic E-state index is 12.9. The van der Waals surface area contributed by atoms with Gasteiger partial charge in [-0.15, -0.1) is 0 Å². The average molecular weight is 443 g/mol. The van der Waals surface area contributed by atoms with Gasteiger partial charge in [-0.1, -0.05) is 54.1 Å². The topological polar surface area (TPSA) is 66.5 Å². The lowest BCUT2D eigenvalue weighted by atomic mass is 9.96. The maximum atomic E-state index is 12.9. The molecule has 5 nitrogen and oxygen atoms in total. The van der Waals surface area contributed by atoms with E-state index in [9.17, 15) is 13.2 Å². The van der Waals surface area contributed by atoms with Gasteiger partial charge in [-0.3, -0.25) is 4.79 Å². The number of nitrogens with zero attached hydrogens (tertiary/aromatic N) is 1. The Bertz CT molecular complexity index is 989. The lowest BCUT2D eigenvalue weighted by Crippen LogP contribution is -2.46. The highest BCUT2D eigenvalue weighted by Gasteiger charge is 2.32. The van der Waals surface area contributed by atoms with Crippen LogP contribution in [0.15, 0.2) is 48.5 Å². The summed E-state index contributed by atoms with van der Waals surface area (Å²) in [6.07, 6.45) is 2.77. The first kappa shape index (κ1) is 23.5. The van der Waals surface area contributed by atoms with E-state index in [1.807, 2.05) is 51.1 Å². The normalized spacial score (nSPS) is 18.5. The number of amides is 1. The van der Waals surface area contributed by atoms with Gasteiger partial charge < -0.3 is 5.32 Å². The van der Waals surface area contributed by atoms with Crippen LogP contribution < -0.4 is 5.32 Å². The number of carbonyl (C=O) groups is 1. The molecule has 0 bridgehead atoms. The van der Waals surface area contributed by atoms with Crippen molar-refractivity contribution in [3.8, 4) is 0 Å². The Labute approximate surface area is 186 Å². The zero-order chi connectivity index (χ0) is 22.4. The standard InChI is InChI=1S/C25H34N2O3S/c1-19-13-14-20(2)24(17-19)21(3)26-25(28)23-12-7-15-27(18-23)31(29,30)16-8-11-22-9-5-4-6-10-22/h4-6,9-10,13-14,17,21,23H,7-8,11-12,15-16,18H2,1-3H3,(H,26,28)/t21-,23-/m0/s1. The highest BCUT2D eigenvalue weighted by Crippen LogP contribution is 2.23. The van der Waals surface area contributed by atoms with Gasteiger partial charge in [-0.05, 0) is 63.1 Å². The maximum Gasteiger partial charge on any atom is 0.224 e. The summed E-state index contributed by atoms with van der Waals surface area (Å²) in [4.78, 5) is 12.9. The molecule has 6 heteroatoms. The Balaban J connectivity index is 1.56. The molecule has 1 amide bonds. The second-order valence-corrected chi connectivity index (χ2v) is 10.8. The predicted molar refractivity (Wildman–Crippen MR) is 125 cm³/mol. The molecule has 2 aromatic carbocycles. The zero-order valence-corrected chi connectivity index (χ0v) is 19.6. The first-order valence-corrected chi connectivity index (χ1v) is 12.8. The van der Waals surface area contributed by atoms with Crippen LogP contribution in [-0.2, 0) is 21.2 Å². The number of nitrogens with one attached hydrogen (secondary N) is 1. The molecule has 2 atom stereocenters. The monoisotopic (exact) mass is 442 g/mol. The first-order chi connectivity index (χ1) is 14.8. The number of sulfonamides is 1. The molecule has 1 aliphatic rings. The second-order valence-electron chi connectivity index (χ2n) is 8.69. The van der Waals surface area contributed by atoms with Crippen molar-refractivity contribution >= 4 is 15.9 Å². The van der Waals surface area contributed by atoms with E-state index in [0.717, 1.165) is 35.1 Å². The van der Waals surface area contributed by atoms with Gasteiger partial charge in [0.1, 0.15) is 0 Å². The molecule has 1 N–H and O–H groups in total. The number of hydrogen-bond donors (Lipinski definition) is 1. The minimum atomic E-state index is -3.36. The third-order valence-corrected chi connectivity index (χ3v) is 8.04. The molecule has 0 saturated carbocycles. The number of carbonyl (C=O) groups excluding carboxylic acids is 1. The Morgan fingerprint density at radius 3 is 2.65 bits per heavy atom. The van der Waals surface area contributed by atoms with Crippen LogP contribution >= 0.6 is 0 Å². The van der Waals surface area contributed by atoms with E-state index in [2.05, 4.69) is 23.5 Å². The smallest absolute Gasteiger partial charge is 0.224 e. The van der Waals surface area contributed by atoms with Gasteiger partial charge in [0.25, 0.3) is 0 Å². The Hall–Kier alpha value is -2.18. The molecule has 2 aromatic rings. The SMILES string of the molecule is Cc1ccc(C)c([C@H](C)NC(=O)[C@H]2CCCN(S(=O)(=O)CCCc3ccccc3)C2)c1. The average Bonchev–Trinajstić information content (AvgIpc) is 2.76. The van der Waals surface area contributed by atoms with E-state index in [4.69, 9.17) is 0 Å². The van der Waals surface area contributed by atoms with Gasteiger partial charge in [-0.25, -0.2) is 12.7 Å². The van der Waals surface area contributed by atoms with Crippen molar-refractivity contribution in [2.75, 3.05) is 18.8 Å². The summed E-state index contributed by atoms with van der Waals surface area (Å²) in [5.41, 5.74) is 4.56. The molecule has 1 aliphatic heterocycles. The van der Waals surface area contributed by atoms with Crippen LogP contribution in [0.4, 0.5) is 0 Å². The van der Waals surface area contributed by atoms with Gasteiger partial charge >= 0.3 is 0 Å².